The Morgan fingerprint density at radius 3 is 2.77 bits per heavy atom. The number of nitrogens with one attached hydrogen (secondary N) is 1. The van der Waals surface area contributed by atoms with Gasteiger partial charge < -0.3 is 10.1 Å². The Bertz CT molecular complexity index is 921. The molecule has 0 aliphatic heterocycles. The van der Waals surface area contributed by atoms with Crippen LogP contribution in [0.3, 0.4) is 0 Å². The predicted molar refractivity (Wildman–Crippen MR) is 106 cm³/mol. The monoisotopic (exact) mass is 413 g/mol. The van der Waals surface area contributed by atoms with Gasteiger partial charge in [-0.1, -0.05) is 51.8 Å². The van der Waals surface area contributed by atoms with E-state index in [-0.39, 0.29) is 12.3 Å². The van der Waals surface area contributed by atoms with Gasteiger partial charge in [0.2, 0.25) is 5.91 Å². The molecule has 2 aromatic carbocycles. The summed E-state index contributed by atoms with van der Waals surface area (Å²) in [6.45, 7) is 2.56. The van der Waals surface area contributed by atoms with Crippen molar-refractivity contribution in [3.8, 4) is 5.75 Å². The smallest absolute Gasteiger partial charge is 0.230 e. The van der Waals surface area contributed by atoms with Crippen LogP contribution in [0.15, 0.2) is 59.2 Å². The van der Waals surface area contributed by atoms with Crippen molar-refractivity contribution in [1.82, 2.24) is 9.78 Å². The fourth-order valence-corrected chi connectivity index (χ4v) is 3.17. The molecule has 0 saturated carbocycles. The number of benzene rings is 2. The van der Waals surface area contributed by atoms with Crippen molar-refractivity contribution in [2.45, 2.75) is 19.9 Å². The van der Waals surface area contributed by atoms with Crippen molar-refractivity contribution < 1.29 is 9.53 Å². The average molecular weight is 414 g/mol. The molecule has 1 N–H and O–H groups in total. The van der Waals surface area contributed by atoms with Crippen LogP contribution >= 0.6 is 15.9 Å². The molecular weight excluding hydrogens is 394 g/mol. The second-order valence-corrected chi connectivity index (χ2v) is 6.86. The highest BCUT2D eigenvalue weighted by Crippen LogP contribution is 2.21. The first-order chi connectivity index (χ1) is 12.6. The van der Waals surface area contributed by atoms with Crippen molar-refractivity contribution in [3.05, 3.63) is 75.9 Å². The van der Waals surface area contributed by atoms with Crippen molar-refractivity contribution in [2.24, 2.45) is 0 Å². The molecule has 1 heterocycles. The number of methoxy groups -OCH3 is 1. The van der Waals surface area contributed by atoms with Crippen LogP contribution in [0.2, 0.25) is 0 Å². The van der Waals surface area contributed by atoms with Crippen LogP contribution in [0.25, 0.3) is 0 Å². The van der Waals surface area contributed by atoms with Crippen LogP contribution in [-0.2, 0) is 17.8 Å². The van der Waals surface area contributed by atoms with E-state index in [1.54, 1.807) is 24.1 Å². The zero-order valence-corrected chi connectivity index (χ0v) is 16.3. The minimum atomic E-state index is -0.109. The molecule has 3 aromatic rings. The number of aryl methyl sites for hydroxylation is 1. The SMILES string of the molecule is COc1ccc(C)cc1CC(=O)Nc1ccnn1Cc1ccccc1Br. The van der Waals surface area contributed by atoms with Crippen LogP contribution in [0.1, 0.15) is 16.7 Å². The zero-order valence-electron chi connectivity index (χ0n) is 14.7. The van der Waals surface area contributed by atoms with Crippen LogP contribution in [0, 0.1) is 6.92 Å². The van der Waals surface area contributed by atoms with E-state index in [9.17, 15) is 4.79 Å². The van der Waals surface area contributed by atoms with Crippen LogP contribution < -0.4 is 10.1 Å². The molecular formula is C20H20BrN3O2. The lowest BCUT2D eigenvalue weighted by molar-refractivity contribution is -0.115. The standard InChI is InChI=1S/C20H20BrN3O2/c1-14-7-8-18(26-2)16(11-14)12-20(25)23-19-9-10-22-24(19)13-15-5-3-4-6-17(15)21/h3-11H,12-13H2,1-2H3,(H,23,25). The Morgan fingerprint density at radius 2 is 2.00 bits per heavy atom. The fraction of sp³-hybridized carbons (Fsp3) is 0.200. The summed E-state index contributed by atoms with van der Waals surface area (Å²) in [5.74, 6) is 1.27. The van der Waals surface area contributed by atoms with E-state index in [1.807, 2.05) is 49.4 Å². The number of hydrogen-bond donors (Lipinski definition) is 1. The highest BCUT2D eigenvalue weighted by Gasteiger charge is 2.12. The summed E-state index contributed by atoms with van der Waals surface area (Å²) >= 11 is 3.54. The molecule has 26 heavy (non-hydrogen) atoms. The Hall–Kier alpha value is -2.60. The normalized spacial score (nSPS) is 10.6. The van der Waals surface area contributed by atoms with Gasteiger partial charge in [0.25, 0.3) is 0 Å². The second-order valence-electron chi connectivity index (χ2n) is 6.01. The maximum absolute atomic E-state index is 12.5. The summed E-state index contributed by atoms with van der Waals surface area (Å²) in [4.78, 5) is 12.5. The average Bonchev–Trinajstić information content (AvgIpc) is 3.04. The largest absolute Gasteiger partial charge is 0.496 e. The van der Waals surface area contributed by atoms with Crippen molar-refractivity contribution in [3.63, 3.8) is 0 Å². The van der Waals surface area contributed by atoms with Gasteiger partial charge >= 0.3 is 0 Å². The first-order valence-electron chi connectivity index (χ1n) is 8.25. The highest BCUT2D eigenvalue weighted by atomic mass is 79.9. The number of ether oxygens (including phenoxy) is 1. The molecule has 1 aromatic heterocycles. The Balaban J connectivity index is 1.72. The summed E-state index contributed by atoms with van der Waals surface area (Å²) in [7, 11) is 1.61. The van der Waals surface area contributed by atoms with E-state index in [4.69, 9.17) is 4.74 Å². The molecule has 3 rings (SSSR count). The van der Waals surface area contributed by atoms with E-state index in [0.29, 0.717) is 18.1 Å². The van der Waals surface area contributed by atoms with Gasteiger partial charge in [-0.15, -0.1) is 0 Å². The molecule has 5 nitrogen and oxygen atoms in total. The van der Waals surface area contributed by atoms with Gasteiger partial charge in [0.05, 0.1) is 26.3 Å². The number of hydrogen-bond acceptors (Lipinski definition) is 3. The molecule has 0 saturated heterocycles. The molecule has 1 amide bonds. The molecule has 0 spiro atoms. The maximum Gasteiger partial charge on any atom is 0.230 e. The summed E-state index contributed by atoms with van der Waals surface area (Å²) < 4.78 is 8.13. The topological polar surface area (TPSA) is 56.1 Å². The summed E-state index contributed by atoms with van der Waals surface area (Å²) in [6, 6.07) is 15.6. The minimum Gasteiger partial charge on any atom is -0.496 e. The van der Waals surface area contributed by atoms with Gasteiger partial charge in [-0.25, -0.2) is 4.68 Å². The number of amides is 1. The van der Waals surface area contributed by atoms with Crippen molar-refractivity contribution in [2.75, 3.05) is 12.4 Å². The minimum absolute atomic E-state index is 0.109. The molecule has 0 aliphatic rings. The third-order valence-electron chi connectivity index (χ3n) is 4.05. The number of halogens is 1. The third kappa shape index (κ3) is 4.32. The van der Waals surface area contributed by atoms with Gasteiger partial charge in [0, 0.05) is 16.1 Å². The van der Waals surface area contributed by atoms with Gasteiger partial charge in [-0.2, -0.15) is 5.10 Å². The number of anilines is 1. The van der Waals surface area contributed by atoms with Crippen molar-refractivity contribution in [1.29, 1.82) is 0 Å². The summed E-state index contributed by atoms with van der Waals surface area (Å²) in [6.07, 6.45) is 1.92. The lowest BCUT2D eigenvalue weighted by Crippen LogP contribution is -2.18. The highest BCUT2D eigenvalue weighted by molar-refractivity contribution is 9.10. The molecule has 0 aliphatic carbocycles. The summed E-state index contributed by atoms with van der Waals surface area (Å²) in [5.41, 5.74) is 3.04. The molecule has 0 fully saturated rings. The predicted octanol–water partition coefficient (Wildman–Crippen LogP) is 4.19. The van der Waals surface area contributed by atoms with Crippen molar-refractivity contribution >= 4 is 27.7 Å². The number of carbonyl (C=O) groups is 1. The lowest BCUT2D eigenvalue weighted by Gasteiger charge is -2.12. The second kappa shape index (κ2) is 8.19. The van der Waals surface area contributed by atoms with Crippen LogP contribution in [0.4, 0.5) is 5.82 Å². The lowest BCUT2D eigenvalue weighted by atomic mass is 10.1. The summed E-state index contributed by atoms with van der Waals surface area (Å²) in [5, 5.41) is 7.26. The third-order valence-corrected chi connectivity index (χ3v) is 4.82. The van der Waals surface area contributed by atoms with E-state index in [0.717, 1.165) is 21.2 Å². The fourth-order valence-electron chi connectivity index (χ4n) is 2.76. The molecule has 0 bridgehead atoms. The molecule has 0 unspecified atom stereocenters. The Morgan fingerprint density at radius 1 is 1.19 bits per heavy atom. The molecule has 6 heteroatoms. The quantitative estimate of drug-likeness (QED) is 0.658. The van der Waals surface area contributed by atoms with Gasteiger partial charge in [-0.3, -0.25) is 4.79 Å². The molecule has 0 radical (unpaired) electrons. The van der Waals surface area contributed by atoms with E-state index in [1.165, 1.54) is 0 Å². The number of aromatic nitrogens is 2. The van der Waals surface area contributed by atoms with E-state index in [2.05, 4.69) is 26.3 Å². The number of rotatable bonds is 6. The molecule has 134 valence electrons. The Kier molecular flexibility index (Phi) is 5.73. The van der Waals surface area contributed by atoms with Gasteiger partial charge in [0.15, 0.2) is 0 Å². The maximum atomic E-state index is 12.5. The van der Waals surface area contributed by atoms with E-state index < -0.39 is 0 Å². The van der Waals surface area contributed by atoms with Crippen LogP contribution in [0.5, 0.6) is 5.75 Å². The van der Waals surface area contributed by atoms with Gasteiger partial charge in [0.1, 0.15) is 11.6 Å². The van der Waals surface area contributed by atoms with Crippen LogP contribution in [-0.4, -0.2) is 22.8 Å². The number of carbonyl (C=O) groups excluding carboxylic acids is 1. The van der Waals surface area contributed by atoms with E-state index >= 15 is 0 Å². The zero-order chi connectivity index (χ0) is 18.5. The molecule has 0 atom stereocenters. The first kappa shape index (κ1) is 18.2. The van der Waals surface area contributed by atoms with Gasteiger partial charge in [-0.05, 0) is 24.6 Å². The first-order valence-corrected chi connectivity index (χ1v) is 9.04. The Labute approximate surface area is 161 Å². The number of nitrogens with zero attached hydrogens (tertiary/aromatic N) is 2.